The fourth-order valence-corrected chi connectivity index (χ4v) is 5.58. The topological polar surface area (TPSA) is 35.5 Å². The van der Waals surface area contributed by atoms with Gasteiger partial charge in [0.05, 0.1) is 10.9 Å². The van der Waals surface area contributed by atoms with Crippen LogP contribution in [0.4, 0.5) is 8.78 Å². The summed E-state index contributed by atoms with van der Waals surface area (Å²) in [7, 11) is -0.502. The number of hydrogen-bond acceptors (Lipinski definition) is 3. The van der Waals surface area contributed by atoms with Crippen molar-refractivity contribution in [3.05, 3.63) is 120 Å². The number of hydrogen-bond donors (Lipinski definition) is 0. The highest BCUT2D eigenvalue weighted by molar-refractivity contribution is 7.97. The molecule has 0 saturated heterocycles. The van der Waals surface area contributed by atoms with E-state index < -0.39 is 34.9 Å². The summed E-state index contributed by atoms with van der Waals surface area (Å²) < 4.78 is 38.9. The molecule has 0 aliphatic heterocycles. The molecular formula is C31H25F2O3S+. The van der Waals surface area contributed by atoms with Gasteiger partial charge in [-0.1, -0.05) is 48.2 Å². The van der Waals surface area contributed by atoms with E-state index in [2.05, 4.69) is 11.8 Å². The summed E-state index contributed by atoms with van der Waals surface area (Å²) >= 11 is 0. The van der Waals surface area contributed by atoms with Gasteiger partial charge in [0.1, 0.15) is 5.82 Å². The minimum Gasteiger partial charge on any atom is -0.479 e. The molecule has 0 aliphatic rings. The molecule has 6 heteroatoms. The van der Waals surface area contributed by atoms with E-state index in [9.17, 15) is 9.18 Å². The van der Waals surface area contributed by atoms with E-state index >= 15 is 4.39 Å². The van der Waals surface area contributed by atoms with Crippen molar-refractivity contribution < 1.29 is 23.0 Å². The first-order chi connectivity index (χ1) is 17.8. The largest absolute Gasteiger partial charge is 0.479 e. The predicted octanol–water partition coefficient (Wildman–Crippen LogP) is 6.81. The average molecular weight is 516 g/mol. The van der Waals surface area contributed by atoms with Crippen LogP contribution < -0.4 is 4.74 Å². The standard InChI is InChI=1S/C31H25F2O3S/c1-31(2,20-19-23-13-15-24(32)16-14-23)36-30(34)22-35-29-18-17-27(21-28(29)33)37(25-9-5-3-6-10-25)26-11-7-4-8-12-26/h3-18,21H,22H2,1-2H3/q+1. The second kappa shape index (κ2) is 11.8. The normalized spacial score (nSPS) is 10.9. The van der Waals surface area contributed by atoms with Crippen LogP contribution in [0.3, 0.4) is 0 Å². The van der Waals surface area contributed by atoms with Crippen molar-refractivity contribution in [1.29, 1.82) is 0 Å². The first kappa shape index (κ1) is 26.0. The lowest BCUT2D eigenvalue weighted by Crippen LogP contribution is -2.29. The number of carbonyl (C=O) groups excluding carboxylic acids is 1. The van der Waals surface area contributed by atoms with Gasteiger partial charge in [-0.05, 0) is 74.5 Å². The molecule has 37 heavy (non-hydrogen) atoms. The second-order valence-corrected chi connectivity index (χ2v) is 10.6. The molecule has 0 bridgehead atoms. The number of carbonyl (C=O) groups is 1. The van der Waals surface area contributed by atoms with Gasteiger partial charge in [0.2, 0.25) is 0 Å². The SMILES string of the molecule is CC(C)(C#Cc1ccc(F)cc1)OC(=O)COc1ccc([S+](c2ccccc2)c2ccccc2)cc1F. The van der Waals surface area contributed by atoms with Crippen molar-refractivity contribution in [2.75, 3.05) is 6.61 Å². The van der Waals surface area contributed by atoms with Gasteiger partial charge in [-0.3, -0.25) is 0 Å². The van der Waals surface area contributed by atoms with Crippen LogP contribution >= 0.6 is 0 Å². The van der Waals surface area contributed by atoms with Gasteiger partial charge in [-0.25, -0.2) is 13.6 Å². The zero-order valence-corrected chi connectivity index (χ0v) is 21.2. The van der Waals surface area contributed by atoms with Crippen molar-refractivity contribution in [1.82, 2.24) is 0 Å². The van der Waals surface area contributed by atoms with E-state index in [-0.39, 0.29) is 11.6 Å². The maximum Gasteiger partial charge on any atom is 0.345 e. The van der Waals surface area contributed by atoms with Gasteiger partial charge >= 0.3 is 5.97 Å². The fourth-order valence-electron chi connectivity index (χ4n) is 3.48. The molecule has 3 nitrogen and oxygen atoms in total. The molecule has 0 radical (unpaired) electrons. The molecule has 4 rings (SSSR count). The van der Waals surface area contributed by atoms with E-state index in [0.717, 1.165) is 14.7 Å². The van der Waals surface area contributed by atoms with Gasteiger partial charge in [-0.2, -0.15) is 0 Å². The van der Waals surface area contributed by atoms with Gasteiger partial charge in [0.25, 0.3) is 0 Å². The molecule has 0 amide bonds. The van der Waals surface area contributed by atoms with Gasteiger partial charge < -0.3 is 9.47 Å². The van der Waals surface area contributed by atoms with Crippen molar-refractivity contribution in [2.24, 2.45) is 0 Å². The lowest BCUT2D eigenvalue weighted by atomic mass is 10.1. The summed E-state index contributed by atoms with van der Waals surface area (Å²) in [6, 6.07) is 30.3. The zero-order chi connectivity index (χ0) is 26.3. The highest BCUT2D eigenvalue weighted by Gasteiger charge is 2.29. The molecule has 0 saturated carbocycles. The van der Waals surface area contributed by atoms with E-state index in [4.69, 9.17) is 9.47 Å². The van der Waals surface area contributed by atoms with Crippen LogP contribution in [0, 0.1) is 23.5 Å². The van der Waals surface area contributed by atoms with Crippen LogP contribution in [0.15, 0.2) is 118 Å². The van der Waals surface area contributed by atoms with Gasteiger partial charge in [-0.15, -0.1) is 0 Å². The molecule has 0 N–H and O–H groups in total. The van der Waals surface area contributed by atoms with Crippen LogP contribution in [-0.2, 0) is 20.4 Å². The predicted molar refractivity (Wildman–Crippen MR) is 140 cm³/mol. The van der Waals surface area contributed by atoms with Crippen LogP contribution in [-0.4, -0.2) is 18.2 Å². The Bertz CT molecular complexity index is 1370. The lowest BCUT2D eigenvalue weighted by molar-refractivity contribution is -0.154. The molecular weight excluding hydrogens is 490 g/mol. The van der Waals surface area contributed by atoms with Crippen molar-refractivity contribution in [3.8, 4) is 17.6 Å². The molecule has 0 aliphatic carbocycles. The third kappa shape index (κ3) is 7.22. The summed E-state index contributed by atoms with van der Waals surface area (Å²) in [4.78, 5) is 15.3. The molecule has 0 fully saturated rings. The number of halogens is 2. The second-order valence-electron chi connectivity index (χ2n) is 8.55. The number of rotatable bonds is 7. The summed E-state index contributed by atoms with van der Waals surface area (Å²) in [5, 5.41) is 0. The fraction of sp³-hybridized carbons (Fsp3) is 0.129. The minimum absolute atomic E-state index is 0.0411. The summed E-state index contributed by atoms with van der Waals surface area (Å²) in [5.74, 6) is 4.04. The maximum atomic E-state index is 15.0. The maximum absolute atomic E-state index is 15.0. The highest BCUT2D eigenvalue weighted by atomic mass is 32.2. The average Bonchev–Trinajstić information content (AvgIpc) is 2.89. The van der Waals surface area contributed by atoms with E-state index in [0.29, 0.717) is 5.56 Å². The Hall–Kier alpha value is -4.08. The van der Waals surface area contributed by atoms with E-state index in [1.54, 1.807) is 13.8 Å². The Balaban J connectivity index is 1.43. The first-order valence-corrected chi connectivity index (χ1v) is 12.8. The van der Waals surface area contributed by atoms with Crippen LogP contribution in [0.5, 0.6) is 5.75 Å². The van der Waals surface area contributed by atoms with Crippen LogP contribution in [0.2, 0.25) is 0 Å². The van der Waals surface area contributed by atoms with Crippen molar-refractivity contribution >= 4 is 16.9 Å². The zero-order valence-electron chi connectivity index (χ0n) is 20.4. The number of ether oxygens (including phenoxy) is 2. The molecule has 0 aromatic heterocycles. The number of esters is 1. The quantitative estimate of drug-likeness (QED) is 0.154. The summed E-state index contributed by atoms with van der Waals surface area (Å²) in [6.45, 7) is 2.79. The Kier molecular flexibility index (Phi) is 8.27. The summed E-state index contributed by atoms with van der Waals surface area (Å²) in [6.07, 6.45) is 0. The van der Waals surface area contributed by atoms with Crippen LogP contribution in [0.25, 0.3) is 0 Å². The molecule has 4 aromatic carbocycles. The molecule has 0 heterocycles. The Morgan fingerprint density at radius 3 is 1.97 bits per heavy atom. The lowest BCUT2D eigenvalue weighted by Gasteiger charge is -2.19. The van der Waals surface area contributed by atoms with E-state index in [1.165, 1.54) is 36.4 Å². The molecule has 4 aromatic rings. The Morgan fingerprint density at radius 2 is 1.41 bits per heavy atom. The molecule has 0 spiro atoms. The Labute approximate surface area is 218 Å². The van der Waals surface area contributed by atoms with Crippen molar-refractivity contribution in [2.45, 2.75) is 34.1 Å². The monoisotopic (exact) mass is 515 g/mol. The summed E-state index contributed by atoms with van der Waals surface area (Å²) in [5.41, 5.74) is -0.523. The molecule has 186 valence electrons. The minimum atomic E-state index is -1.11. The highest BCUT2D eigenvalue weighted by Crippen LogP contribution is 2.33. The Morgan fingerprint density at radius 1 is 0.811 bits per heavy atom. The third-order valence-electron chi connectivity index (χ3n) is 5.16. The number of benzene rings is 4. The van der Waals surface area contributed by atoms with Gasteiger partial charge in [0, 0.05) is 11.6 Å². The van der Waals surface area contributed by atoms with E-state index in [1.807, 2.05) is 66.7 Å². The third-order valence-corrected chi connectivity index (χ3v) is 7.38. The molecule has 0 atom stereocenters. The molecule has 0 unspecified atom stereocenters. The van der Waals surface area contributed by atoms with Crippen molar-refractivity contribution in [3.63, 3.8) is 0 Å². The first-order valence-electron chi connectivity index (χ1n) is 11.6. The van der Waals surface area contributed by atoms with Gasteiger partial charge in [0.15, 0.2) is 38.5 Å². The van der Waals surface area contributed by atoms with Crippen LogP contribution in [0.1, 0.15) is 19.4 Å². The smallest absolute Gasteiger partial charge is 0.345 e.